The number of barbiturate groups is 1. The van der Waals surface area contributed by atoms with Gasteiger partial charge in [-0.2, -0.15) is 0 Å². The molecule has 2 aromatic rings. The van der Waals surface area contributed by atoms with Crippen LogP contribution in [0.1, 0.15) is 23.6 Å². The number of carbonyl (C=O) groups is 3. The SMILES string of the molecule is CCOc1cc(C=C2C(=O)NC(=O)NC2=O)cc(Br)c1OCc1ccc(C)cc1. The van der Waals surface area contributed by atoms with E-state index in [1.165, 1.54) is 11.6 Å². The second kappa shape index (κ2) is 8.91. The Kier molecular flexibility index (Phi) is 6.33. The zero-order valence-corrected chi connectivity index (χ0v) is 17.5. The lowest BCUT2D eigenvalue weighted by Gasteiger charge is -2.16. The minimum atomic E-state index is -0.840. The fraction of sp³-hybridized carbons (Fsp3) is 0.190. The van der Waals surface area contributed by atoms with Gasteiger partial charge in [0.15, 0.2) is 11.5 Å². The number of aryl methyl sites for hydroxylation is 1. The van der Waals surface area contributed by atoms with Crippen molar-refractivity contribution in [2.24, 2.45) is 0 Å². The molecule has 8 heteroatoms. The van der Waals surface area contributed by atoms with Crippen LogP contribution in [0.4, 0.5) is 4.79 Å². The van der Waals surface area contributed by atoms with Crippen LogP contribution in [0.5, 0.6) is 11.5 Å². The summed E-state index contributed by atoms with van der Waals surface area (Å²) in [5, 5.41) is 4.08. The van der Waals surface area contributed by atoms with Gasteiger partial charge in [0, 0.05) is 0 Å². The van der Waals surface area contributed by atoms with Crippen molar-refractivity contribution < 1.29 is 23.9 Å². The normalized spacial score (nSPS) is 13.6. The Balaban J connectivity index is 1.88. The molecule has 0 radical (unpaired) electrons. The average molecular weight is 459 g/mol. The van der Waals surface area contributed by atoms with Crippen LogP contribution in [-0.4, -0.2) is 24.5 Å². The largest absolute Gasteiger partial charge is 0.490 e. The van der Waals surface area contributed by atoms with Crippen molar-refractivity contribution in [3.05, 3.63) is 63.1 Å². The Hall–Kier alpha value is -3.13. The van der Waals surface area contributed by atoms with Gasteiger partial charge in [-0.25, -0.2) is 4.79 Å². The number of halogens is 1. The molecule has 0 aromatic heterocycles. The van der Waals surface area contributed by atoms with E-state index in [9.17, 15) is 14.4 Å². The molecule has 0 atom stereocenters. The molecule has 0 unspecified atom stereocenters. The summed E-state index contributed by atoms with van der Waals surface area (Å²) in [5.74, 6) is -0.532. The third-order valence-electron chi connectivity index (χ3n) is 4.09. The van der Waals surface area contributed by atoms with Gasteiger partial charge in [-0.15, -0.1) is 0 Å². The average Bonchev–Trinajstić information content (AvgIpc) is 2.65. The molecule has 1 aliphatic rings. The lowest BCUT2D eigenvalue weighted by atomic mass is 10.1. The topological polar surface area (TPSA) is 93.7 Å². The molecule has 0 bridgehead atoms. The Bertz CT molecular complexity index is 977. The summed E-state index contributed by atoms with van der Waals surface area (Å²) < 4.78 is 12.2. The fourth-order valence-corrected chi connectivity index (χ4v) is 3.26. The van der Waals surface area contributed by atoms with E-state index in [0.29, 0.717) is 34.7 Å². The molecular formula is C21H19BrN2O5. The number of rotatable bonds is 6. The van der Waals surface area contributed by atoms with Crippen LogP contribution in [-0.2, 0) is 16.2 Å². The van der Waals surface area contributed by atoms with Gasteiger partial charge in [-0.1, -0.05) is 29.8 Å². The molecular weight excluding hydrogens is 440 g/mol. The summed E-state index contributed by atoms with van der Waals surface area (Å²) in [6.45, 7) is 4.62. The predicted molar refractivity (Wildman–Crippen MR) is 110 cm³/mol. The number of amides is 4. The van der Waals surface area contributed by atoms with Crippen LogP contribution in [0.2, 0.25) is 0 Å². The monoisotopic (exact) mass is 458 g/mol. The Morgan fingerprint density at radius 3 is 2.28 bits per heavy atom. The fourth-order valence-electron chi connectivity index (χ4n) is 2.69. The molecule has 3 rings (SSSR count). The van der Waals surface area contributed by atoms with E-state index in [4.69, 9.17) is 9.47 Å². The van der Waals surface area contributed by atoms with Crippen molar-refractivity contribution in [3.8, 4) is 11.5 Å². The minimum Gasteiger partial charge on any atom is -0.490 e. The molecule has 1 saturated heterocycles. The number of hydrogen-bond acceptors (Lipinski definition) is 5. The van der Waals surface area contributed by atoms with Crippen molar-refractivity contribution in [2.75, 3.05) is 6.61 Å². The highest BCUT2D eigenvalue weighted by molar-refractivity contribution is 9.10. The zero-order valence-electron chi connectivity index (χ0n) is 15.9. The maximum absolute atomic E-state index is 11.9. The van der Waals surface area contributed by atoms with E-state index in [1.54, 1.807) is 12.1 Å². The number of benzene rings is 2. The summed E-state index contributed by atoms with van der Waals surface area (Å²) in [4.78, 5) is 35.1. The molecule has 7 nitrogen and oxygen atoms in total. The van der Waals surface area contributed by atoms with E-state index in [-0.39, 0.29) is 5.57 Å². The summed E-state index contributed by atoms with van der Waals surface area (Å²) in [6.07, 6.45) is 1.38. The number of nitrogens with one attached hydrogen (secondary N) is 2. The molecule has 150 valence electrons. The van der Waals surface area contributed by atoms with Crippen LogP contribution in [0.25, 0.3) is 6.08 Å². The van der Waals surface area contributed by atoms with Crippen LogP contribution in [0, 0.1) is 6.92 Å². The van der Waals surface area contributed by atoms with Gasteiger partial charge in [-0.05, 0) is 59.1 Å². The molecule has 1 fully saturated rings. The Morgan fingerprint density at radius 2 is 1.66 bits per heavy atom. The summed E-state index contributed by atoms with van der Waals surface area (Å²) in [6, 6.07) is 10.5. The molecule has 1 heterocycles. The standard InChI is InChI=1S/C21H19BrN2O5/c1-3-28-17-10-14(8-15-19(25)23-21(27)24-20(15)26)9-16(22)18(17)29-11-13-6-4-12(2)5-7-13/h4-10H,3,11H2,1-2H3,(H2,23,24,25,26,27). The predicted octanol–water partition coefficient (Wildman–Crippen LogP) is 3.48. The maximum Gasteiger partial charge on any atom is 0.328 e. The highest BCUT2D eigenvalue weighted by Crippen LogP contribution is 2.38. The van der Waals surface area contributed by atoms with Crippen molar-refractivity contribution in [1.29, 1.82) is 0 Å². The third kappa shape index (κ3) is 5.03. The van der Waals surface area contributed by atoms with E-state index in [1.807, 2.05) is 48.7 Å². The van der Waals surface area contributed by atoms with Crippen LogP contribution in [0.3, 0.4) is 0 Å². The number of urea groups is 1. The highest BCUT2D eigenvalue weighted by atomic mass is 79.9. The van der Waals surface area contributed by atoms with Gasteiger partial charge >= 0.3 is 6.03 Å². The number of carbonyl (C=O) groups excluding carboxylic acids is 3. The van der Waals surface area contributed by atoms with Gasteiger partial charge in [-0.3, -0.25) is 20.2 Å². The van der Waals surface area contributed by atoms with Crippen molar-refractivity contribution in [3.63, 3.8) is 0 Å². The molecule has 0 saturated carbocycles. The van der Waals surface area contributed by atoms with Gasteiger partial charge < -0.3 is 9.47 Å². The molecule has 0 aliphatic carbocycles. The van der Waals surface area contributed by atoms with E-state index < -0.39 is 17.8 Å². The summed E-state index contributed by atoms with van der Waals surface area (Å²) in [5.41, 5.74) is 2.54. The third-order valence-corrected chi connectivity index (χ3v) is 4.68. The van der Waals surface area contributed by atoms with E-state index in [0.717, 1.165) is 5.56 Å². The molecule has 29 heavy (non-hydrogen) atoms. The molecule has 0 spiro atoms. The maximum atomic E-state index is 11.9. The number of imide groups is 2. The summed E-state index contributed by atoms with van der Waals surface area (Å²) >= 11 is 3.47. The Morgan fingerprint density at radius 1 is 1.00 bits per heavy atom. The second-order valence-corrected chi connectivity index (χ2v) is 7.19. The highest BCUT2D eigenvalue weighted by Gasteiger charge is 2.28. The Labute approximate surface area is 176 Å². The molecule has 2 aromatic carbocycles. The van der Waals surface area contributed by atoms with Crippen LogP contribution >= 0.6 is 15.9 Å². The first-order valence-corrected chi connectivity index (χ1v) is 9.69. The van der Waals surface area contributed by atoms with E-state index in [2.05, 4.69) is 15.9 Å². The van der Waals surface area contributed by atoms with E-state index >= 15 is 0 Å². The number of ether oxygens (including phenoxy) is 2. The molecule has 2 N–H and O–H groups in total. The van der Waals surface area contributed by atoms with Crippen molar-refractivity contribution in [2.45, 2.75) is 20.5 Å². The quantitative estimate of drug-likeness (QED) is 0.510. The van der Waals surface area contributed by atoms with Gasteiger partial charge in [0.2, 0.25) is 0 Å². The van der Waals surface area contributed by atoms with Gasteiger partial charge in [0.1, 0.15) is 12.2 Å². The van der Waals surface area contributed by atoms with Crippen LogP contribution in [0.15, 0.2) is 46.4 Å². The lowest BCUT2D eigenvalue weighted by molar-refractivity contribution is -0.123. The second-order valence-electron chi connectivity index (χ2n) is 6.33. The molecule has 1 aliphatic heterocycles. The first kappa shape index (κ1) is 20.6. The van der Waals surface area contributed by atoms with Crippen molar-refractivity contribution >= 4 is 39.9 Å². The van der Waals surface area contributed by atoms with Gasteiger partial charge in [0.05, 0.1) is 11.1 Å². The summed E-state index contributed by atoms with van der Waals surface area (Å²) in [7, 11) is 0. The minimum absolute atomic E-state index is 0.174. The van der Waals surface area contributed by atoms with Gasteiger partial charge in [0.25, 0.3) is 11.8 Å². The lowest BCUT2D eigenvalue weighted by Crippen LogP contribution is -2.51. The number of hydrogen-bond donors (Lipinski definition) is 2. The molecule has 4 amide bonds. The first-order chi connectivity index (χ1) is 13.9. The first-order valence-electron chi connectivity index (χ1n) is 8.90. The zero-order chi connectivity index (χ0) is 21.0. The van der Waals surface area contributed by atoms with Crippen LogP contribution < -0.4 is 20.1 Å². The smallest absolute Gasteiger partial charge is 0.328 e. The van der Waals surface area contributed by atoms with Crippen molar-refractivity contribution in [1.82, 2.24) is 10.6 Å².